The van der Waals surface area contributed by atoms with Crippen molar-refractivity contribution in [1.82, 2.24) is 24.8 Å². The lowest BCUT2D eigenvalue weighted by atomic mass is 9.87. The van der Waals surface area contributed by atoms with E-state index in [0.29, 0.717) is 30.2 Å². The predicted octanol–water partition coefficient (Wildman–Crippen LogP) is 5.66. The van der Waals surface area contributed by atoms with Crippen molar-refractivity contribution in [2.75, 3.05) is 43.5 Å². The fraction of sp³-hybridized carbons (Fsp3) is 0.417. The summed E-state index contributed by atoms with van der Waals surface area (Å²) in [5.74, 6) is 0.366. The van der Waals surface area contributed by atoms with Crippen LogP contribution in [-0.4, -0.2) is 79.1 Å². The van der Waals surface area contributed by atoms with Crippen LogP contribution in [0, 0.1) is 19.3 Å². The zero-order valence-electron chi connectivity index (χ0n) is 29.2. The summed E-state index contributed by atoms with van der Waals surface area (Å²) in [4.78, 5) is 36.5. The molecule has 2 aromatic heterocycles. The van der Waals surface area contributed by atoms with Gasteiger partial charge in [0.1, 0.15) is 12.4 Å². The van der Waals surface area contributed by atoms with Gasteiger partial charge in [0.05, 0.1) is 41.3 Å². The minimum Gasteiger partial charge on any atom is -0.475 e. The number of methoxy groups -OCH3 is 1. The molecule has 4 aromatic rings. The van der Waals surface area contributed by atoms with Gasteiger partial charge in [-0.1, -0.05) is 45.0 Å². The molecule has 1 N–H and O–H groups in total. The van der Waals surface area contributed by atoms with E-state index in [9.17, 15) is 13.2 Å². The second kappa shape index (κ2) is 14.9. The van der Waals surface area contributed by atoms with Crippen molar-refractivity contribution in [3.8, 4) is 17.1 Å². The molecule has 5 rings (SSSR count). The predicted molar refractivity (Wildman–Crippen MR) is 189 cm³/mol. The minimum absolute atomic E-state index is 0.0855. The van der Waals surface area contributed by atoms with Gasteiger partial charge in [-0.25, -0.2) is 23.1 Å². The summed E-state index contributed by atoms with van der Waals surface area (Å²) in [7, 11) is -0.576. The maximum Gasteiger partial charge on any atom is 0.264 e. The molecule has 3 heterocycles. The number of nitrogens with one attached hydrogen (secondary N) is 1. The Morgan fingerprint density at radius 2 is 1.78 bits per heavy atom. The number of aromatic nitrogens is 4. The van der Waals surface area contributed by atoms with Crippen LogP contribution in [0.5, 0.6) is 5.88 Å². The fourth-order valence-electron chi connectivity index (χ4n) is 5.94. The van der Waals surface area contributed by atoms with E-state index in [1.165, 1.54) is 12.1 Å². The number of rotatable bonds is 9. The molecule has 0 radical (unpaired) electrons. The van der Waals surface area contributed by atoms with Crippen LogP contribution >= 0.6 is 0 Å². The van der Waals surface area contributed by atoms with E-state index >= 15 is 0 Å². The van der Waals surface area contributed by atoms with Gasteiger partial charge in [-0.3, -0.25) is 9.78 Å². The quantitative estimate of drug-likeness (QED) is 0.219. The van der Waals surface area contributed by atoms with Crippen molar-refractivity contribution >= 4 is 27.7 Å². The van der Waals surface area contributed by atoms with Crippen LogP contribution in [-0.2, 0) is 21.3 Å². The monoisotopic (exact) mass is 687 g/mol. The smallest absolute Gasteiger partial charge is 0.264 e. The highest BCUT2D eigenvalue weighted by atomic mass is 32.2. The number of nitrogens with zero attached hydrogens (tertiary/aromatic N) is 6. The molecule has 0 aliphatic carbocycles. The topological polar surface area (TPSA) is 140 Å². The molecule has 1 aliphatic heterocycles. The summed E-state index contributed by atoms with van der Waals surface area (Å²) in [5, 5.41) is 0. The Balaban J connectivity index is 1.61. The first-order valence-corrected chi connectivity index (χ1v) is 17.8. The van der Waals surface area contributed by atoms with E-state index in [1.807, 2.05) is 44.0 Å². The number of amides is 1. The third kappa shape index (κ3) is 8.90. The number of sulfonamides is 1. The van der Waals surface area contributed by atoms with Crippen molar-refractivity contribution in [2.24, 2.45) is 5.41 Å². The molecule has 0 saturated heterocycles. The van der Waals surface area contributed by atoms with Gasteiger partial charge in [0, 0.05) is 44.5 Å². The van der Waals surface area contributed by atoms with Gasteiger partial charge in [0.2, 0.25) is 11.8 Å². The number of benzene rings is 2. The number of carbonyl (C=O) groups is 1. The van der Waals surface area contributed by atoms with E-state index < -0.39 is 16.1 Å². The Hall–Kier alpha value is -4.62. The molecule has 0 fully saturated rings. The molecular weight excluding hydrogens is 643 g/mol. The van der Waals surface area contributed by atoms with Crippen LogP contribution in [0.2, 0.25) is 0 Å². The first kappa shape index (κ1) is 35.7. The second-order valence-electron chi connectivity index (χ2n) is 13.6. The maximum absolute atomic E-state index is 14.5. The van der Waals surface area contributed by atoms with Crippen LogP contribution in [0.4, 0.5) is 11.8 Å². The summed E-state index contributed by atoms with van der Waals surface area (Å²) in [6.45, 7) is 11.8. The van der Waals surface area contributed by atoms with Crippen molar-refractivity contribution in [1.29, 1.82) is 0 Å². The van der Waals surface area contributed by atoms with E-state index in [1.54, 1.807) is 42.6 Å². The Kier molecular flexibility index (Phi) is 10.8. The van der Waals surface area contributed by atoms with Gasteiger partial charge in [-0.2, -0.15) is 4.98 Å². The molecule has 49 heavy (non-hydrogen) atoms. The summed E-state index contributed by atoms with van der Waals surface area (Å²) >= 11 is 0. The van der Waals surface area contributed by atoms with Crippen LogP contribution in [0.1, 0.15) is 60.8 Å². The molecule has 12 nitrogen and oxygen atoms in total. The summed E-state index contributed by atoms with van der Waals surface area (Å²) < 4.78 is 41.5. The van der Waals surface area contributed by atoms with E-state index in [2.05, 4.69) is 40.4 Å². The zero-order valence-corrected chi connectivity index (χ0v) is 30.0. The molecule has 13 heteroatoms. The summed E-state index contributed by atoms with van der Waals surface area (Å²) in [6, 6.07) is 13.2. The lowest BCUT2D eigenvalue weighted by Crippen LogP contribution is -2.45. The standard InChI is InChI=1S/C36H45N7O5S/c1-24-11-8-12-25(2)33(24)30-18-32-40-35(39-30)41-49(45,46)29-14-9-13-26(17-29)34(44)43(28(23-48-32)19-36(3,4)5)22-27-20-37-21-31(38-27)42(6)15-10-16-47-7/h8-9,11-14,17-18,20-21,28H,10,15-16,19,22-23H2,1-7H3,(H,39,40,41)/t28-/m1/s1. The lowest BCUT2D eigenvalue weighted by Gasteiger charge is -2.35. The van der Waals surface area contributed by atoms with Gasteiger partial charge < -0.3 is 19.3 Å². The van der Waals surface area contributed by atoms with E-state index in [4.69, 9.17) is 14.5 Å². The Labute approximate surface area is 289 Å². The highest BCUT2D eigenvalue weighted by molar-refractivity contribution is 7.92. The molecular formula is C36H45N7O5S. The average molecular weight is 688 g/mol. The largest absolute Gasteiger partial charge is 0.475 e. The van der Waals surface area contributed by atoms with Gasteiger partial charge in [0.15, 0.2) is 0 Å². The van der Waals surface area contributed by atoms with Crippen molar-refractivity contribution in [2.45, 2.75) is 64.9 Å². The number of fused-ring (bicyclic) bond motifs is 4. The van der Waals surface area contributed by atoms with Crippen molar-refractivity contribution in [3.05, 3.63) is 83.3 Å². The Morgan fingerprint density at radius 1 is 1.04 bits per heavy atom. The molecule has 1 amide bonds. The second-order valence-corrected chi connectivity index (χ2v) is 15.3. The highest BCUT2D eigenvalue weighted by Gasteiger charge is 2.32. The highest BCUT2D eigenvalue weighted by Crippen LogP contribution is 2.31. The minimum atomic E-state index is -4.18. The lowest BCUT2D eigenvalue weighted by molar-refractivity contribution is 0.0509. The third-order valence-corrected chi connectivity index (χ3v) is 9.59. The fourth-order valence-corrected chi connectivity index (χ4v) is 6.93. The third-order valence-electron chi connectivity index (χ3n) is 8.27. The van der Waals surface area contributed by atoms with E-state index in [-0.39, 0.29) is 46.8 Å². The number of anilines is 2. The molecule has 1 atom stereocenters. The van der Waals surface area contributed by atoms with Gasteiger partial charge in [-0.15, -0.1) is 0 Å². The van der Waals surface area contributed by atoms with Crippen LogP contribution in [0.25, 0.3) is 11.3 Å². The molecule has 4 bridgehead atoms. The van der Waals surface area contributed by atoms with E-state index in [0.717, 1.165) is 29.7 Å². The average Bonchev–Trinajstić information content (AvgIpc) is 3.04. The first-order valence-electron chi connectivity index (χ1n) is 16.3. The Bertz CT molecular complexity index is 1890. The van der Waals surface area contributed by atoms with Crippen LogP contribution < -0.4 is 14.4 Å². The van der Waals surface area contributed by atoms with Crippen LogP contribution in [0.3, 0.4) is 0 Å². The zero-order chi connectivity index (χ0) is 35.3. The normalized spacial score (nSPS) is 16.1. The van der Waals surface area contributed by atoms with Gasteiger partial charge >= 0.3 is 0 Å². The van der Waals surface area contributed by atoms with Gasteiger partial charge in [-0.05, 0) is 61.4 Å². The summed E-state index contributed by atoms with van der Waals surface area (Å²) in [6.07, 6.45) is 4.73. The van der Waals surface area contributed by atoms with Crippen LogP contribution in [0.15, 0.2) is 65.8 Å². The van der Waals surface area contributed by atoms with Gasteiger partial charge in [0.25, 0.3) is 15.9 Å². The summed E-state index contributed by atoms with van der Waals surface area (Å²) in [5.41, 5.74) is 3.91. The number of hydrogen-bond donors (Lipinski definition) is 1. The number of carbonyl (C=O) groups excluding carboxylic acids is 1. The molecule has 0 spiro atoms. The number of hydrogen-bond acceptors (Lipinski definition) is 10. The molecule has 0 unspecified atom stereocenters. The number of ether oxygens (including phenoxy) is 2. The maximum atomic E-state index is 14.5. The van der Waals surface area contributed by atoms with Crippen molar-refractivity contribution < 1.29 is 22.7 Å². The molecule has 0 saturated carbocycles. The Morgan fingerprint density at radius 3 is 2.49 bits per heavy atom. The molecule has 2 aromatic carbocycles. The molecule has 1 aliphatic rings. The first-order chi connectivity index (χ1) is 23.2. The van der Waals surface area contributed by atoms with Crippen molar-refractivity contribution in [3.63, 3.8) is 0 Å². The number of aryl methyl sites for hydroxylation is 2. The molecule has 260 valence electrons. The SMILES string of the molecule is COCCCN(C)c1cncc(CN2C(=O)c3cccc(c3)S(=O)(=O)Nc3nc(cc(-c4c(C)cccc4C)n3)OC[C@H]2CC(C)(C)C)n1.